The van der Waals surface area contributed by atoms with Crippen LogP contribution in [0.4, 0.5) is 0 Å². The zero-order valence-corrected chi connectivity index (χ0v) is 24.8. The molecule has 1 fully saturated rings. The number of aliphatic hydroxyl groups is 1. The van der Waals surface area contributed by atoms with Crippen LogP contribution in [0.5, 0.6) is 17.2 Å². The summed E-state index contributed by atoms with van der Waals surface area (Å²) in [7, 11) is 0. The Kier molecular flexibility index (Phi) is 8.86. The molecule has 7 heteroatoms. The van der Waals surface area contributed by atoms with E-state index in [-0.39, 0.29) is 17.4 Å². The van der Waals surface area contributed by atoms with E-state index in [0.29, 0.717) is 61.1 Å². The molecule has 2 aliphatic heterocycles. The highest BCUT2D eigenvalue weighted by Gasteiger charge is 2.46. The molecule has 3 aromatic carbocycles. The maximum Gasteiger partial charge on any atom is 0.295 e. The fraction of sp³-hybridized carbons (Fsp3) is 0.371. The number of ketones is 1. The number of nitrogens with zero attached hydrogens (tertiary/aromatic N) is 1. The van der Waals surface area contributed by atoms with E-state index in [9.17, 15) is 14.7 Å². The Balaban J connectivity index is 1.56. The van der Waals surface area contributed by atoms with E-state index in [1.807, 2.05) is 74.5 Å². The highest BCUT2D eigenvalue weighted by Crippen LogP contribution is 2.43. The summed E-state index contributed by atoms with van der Waals surface area (Å²) in [6.45, 7) is 9.45. The summed E-state index contributed by atoms with van der Waals surface area (Å²) < 4.78 is 17.8. The lowest BCUT2D eigenvalue weighted by Crippen LogP contribution is -2.31. The number of likely N-dealkylation sites (tertiary alicyclic amines) is 1. The molecular formula is C35H39NO6. The van der Waals surface area contributed by atoms with E-state index in [2.05, 4.69) is 13.8 Å². The lowest BCUT2D eigenvalue weighted by atomic mass is 9.94. The number of aliphatic hydroxyl groups excluding tert-OH is 1. The number of rotatable bonds is 11. The predicted octanol–water partition coefficient (Wildman–Crippen LogP) is 6.50. The van der Waals surface area contributed by atoms with Gasteiger partial charge in [-0.3, -0.25) is 9.59 Å². The van der Waals surface area contributed by atoms with Crippen LogP contribution in [-0.2, 0) is 22.4 Å². The van der Waals surface area contributed by atoms with Gasteiger partial charge >= 0.3 is 0 Å². The van der Waals surface area contributed by atoms with Gasteiger partial charge in [-0.05, 0) is 79.6 Å². The van der Waals surface area contributed by atoms with E-state index in [4.69, 9.17) is 14.2 Å². The van der Waals surface area contributed by atoms with Crippen molar-refractivity contribution in [1.82, 2.24) is 4.90 Å². The van der Waals surface area contributed by atoms with Gasteiger partial charge in [-0.25, -0.2) is 0 Å². The quantitative estimate of drug-likeness (QED) is 0.161. The first kappa shape index (κ1) is 29.2. The normalized spacial score (nSPS) is 19.2. The number of fused-ring (bicyclic) bond motifs is 1. The average molecular weight is 570 g/mol. The molecule has 0 bridgehead atoms. The van der Waals surface area contributed by atoms with Crippen molar-refractivity contribution in [1.29, 1.82) is 0 Å². The first-order valence-electron chi connectivity index (χ1n) is 14.8. The second-order valence-electron chi connectivity index (χ2n) is 11.4. The summed E-state index contributed by atoms with van der Waals surface area (Å²) in [5.41, 5.74) is 3.23. The Labute approximate surface area is 247 Å². The van der Waals surface area contributed by atoms with E-state index in [0.717, 1.165) is 23.3 Å². The molecule has 1 amide bonds. The molecule has 1 saturated heterocycles. The molecule has 0 radical (unpaired) electrons. The summed E-state index contributed by atoms with van der Waals surface area (Å²) >= 11 is 0. The van der Waals surface area contributed by atoms with E-state index in [1.165, 1.54) is 0 Å². The fourth-order valence-electron chi connectivity index (χ4n) is 5.56. The van der Waals surface area contributed by atoms with Crippen LogP contribution in [0.25, 0.3) is 5.76 Å². The number of hydrogen-bond acceptors (Lipinski definition) is 6. The first-order valence-corrected chi connectivity index (χ1v) is 14.8. The number of carbonyl (C=O) groups is 2. The topological polar surface area (TPSA) is 85.3 Å². The molecule has 5 rings (SSSR count). The maximum atomic E-state index is 13.6. The summed E-state index contributed by atoms with van der Waals surface area (Å²) in [5, 5.41) is 11.6. The van der Waals surface area contributed by atoms with Crippen LogP contribution in [-0.4, -0.2) is 47.6 Å². The van der Waals surface area contributed by atoms with Gasteiger partial charge in [-0.2, -0.15) is 0 Å². The molecule has 220 valence electrons. The van der Waals surface area contributed by atoms with Crippen molar-refractivity contribution >= 4 is 17.4 Å². The van der Waals surface area contributed by atoms with Crippen molar-refractivity contribution in [2.24, 2.45) is 5.92 Å². The van der Waals surface area contributed by atoms with Gasteiger partial charge in [-0.15, -0.1) is 0 Å². The van der Waals surface area contributed by atoms with Crippen LogP contribution in [0.1, 0.15) is 62.4 Å². The van der Waals surface area contributed by atoms with Crippen LogP contribution in [0.2, 0.25) is 0 Å². The van der Waals surface area contributed by atoms with Gasteiger partial charge in [-0.1, -0.05) is 50.2 Å². The second-order valence-corrected chi connectivity index (χ2v) is 11.4. The first-order chi connectivity index (χ1) is 20.3. The van der Waals surface area contributed by atoms with Gasteiger partial charge in [0.15, 0.2) is 11.5 Å². The molecule has 3 aromatic rings. The summed E-state index contributed by atoms with van der Waals surface area (Å²) in [6, 6.07) is 19.9. The van der Waals surface area contributed by atoms with Gasteiger partial charge in [0, 0.05) is 18.5 Å². The molecule has 0 aliphatic carbocycles. The molecule has 0 unspecified atom stereocenters. The zero-order chi connectivity index (χ0) is 29.8. The monoisotopic (exact) mass is 569 g/mol. The van der Waals surface area contributed by atoms with Crippen molar-refractivity contribution < 1.29 is 28.9 Å². The Morgan fingerprint density at radius 2 is 1.81 bits per heavy atom. The highest BCUT2D eigenvalue weighted by molar-refractivity contribution is 6.46. The SMILES string of the molecule is CCOc1cc([C@H]2C(=C(O)c3ccc4c(c3)C[C@@H](C)O4)C(=O)C(=O)N2CCc2ccccc2)ccc1OCCC(C)C. The molecule has 0 aromatic heterocycles. The van der Waals surface area contributed by atoms with Crippen LogP contribution >= 0.6 is 0 Å². The zero-order valence-electron chi connectivity index (χ0n) is 24.8. The third-order valence-corrected chi connectivity index (χ3v) is 7.73. The van der Waals surface area contributed by atoms with Crippen molar-refractivity contribution in [3.63, 3.8) is 0 Å². The minimum Gasteiger partial charge on any atom is -0.507 e. The number of benzene rings is 3. The van der Waals surface area contributed by atoms with Crippen LogP contribution in [0.3, 0.4) is 0 Å². The van der Waals surface area contributed by atoms with E-state index >= 15 is 0 Å². The van der Waals surface area contributed by atoms with Gasteiger partial charge < -0.3 is 24.2 Å². The Bertz CT molecular complexity index is 1480. The smallest absolute Gasteiger partial charge is 0.295 e. The number of amides is 1. The summed E-state index contributed by atoms with van der Waals surface area (Å²) in [6.07, 6.45) is 2.21. The standard InChI is InChI=1S/C35H39NO6/c1-5-40-30-21-25(11-14-29(30)41-18-16-22(2)3)32-31(33(37)26-12-13-28-27(20-26)19-23(4)42-28)34(38)35(39)36(32)17-15-24-9-7-6-8-10-24/h6-14,20-23,32,37H,5,15-19H2,1-4H3/t23-,32+/m1/s1. The fourth-order valence-corrected chi connectivity index (χ4v) is 5.56. The predicted molar refractivity (Wildman–Crippen MR) is 162 cm³/mol. The Morgan fingerprint density at radius 3 is 2.55 bits per heavy atom. The second kappa shape index (κ2) is 12.7. The lowest BCUT2D eigenvalue weighted by Gasteiger charge is -2.26. The number of Topliss-reactive ketones (excluding diaryl/α,β-unsaturated/α-hetero) is 1. The van der Waals surface area contributed by atoms with Crippen molar-refractivity contribution in [3.8, 4) is 17.2 Å². The number of carbonyl (C=O) groups excluding carboxylic acids is 2. The third kappa shape index (κ3) is 6.15. The largest absolute Gasteiger partial charge is 0.507 e. The van der Waals surface area contributed by atoms with Crippen molar-refractivity contribution in [2.75, 3.05) is 19.8 Å². The van der Waals surface area contributed by atoms with Crippen molar-refractivity contribution in [2.45, 2.75) is 59.1 Å². The highest BCUT2D eigenvalue weighted by atomic mass is 16.5. The van der Waals surface area contributed by atoms with Crippen LogP contribution in [0.15, 0.2) is 72.3 Å². The van der Waals surface area contributed by atoms with Gasteiger partial charge in [0.05, 0.1) is 24.8 Å². The van der Waals surface area contributed by atoms with E-state index in [1.54, 1.807) is 11.0 Å². The third-order valence-electron chi connectivity index (χ3n) is 7.73. The molecule has 2 heterocycles. The van der Waals surface area contributed by atoms with Crippen molar-refractivity contribution in [3.05, 3.63) is 94.6 Å². The van der Waals surface area contributed by atoms with Crippen LogP contribution in [0, 0.1) is 5.92 Å². The maximum absolute atomic E-state index is 13.6. The molecule has 2 atom stereocenters. The molecule has 1 N–H and O–H groups in total. The summed E-state index contributed by atoms with van der Waals surface area (Å²) in [4.78, 5) is 28.7. The van der Waals surface area contributed by atoms with Gasteiger partial charge in [0.2, 0.25) is 0 Å². The molecular weight excluding hydrogens is 530 g/mol. The van der Waals surface area contributed by atoms with E-state index < -0.39 is 17.7 Å². The Hall–Kier alpha value is -4.26. The molecule has 0 spiro atoms. The van der Waals surface area contributed by atoms with Gasteiger partial charge in [0.25, 0.3) is 11.7 Å². The number of hydrogen-bond donors (Lipinski definition) is 1. The minimum absolute atomic E-state index is 0.0409. The average Bonchev–Trinajstić information content (AvgIpc) is 3.47. The van der Waals surface area contributed by atoms with Gasteiger partial charge in [0.1, 0.15) is 17.6 Å². The molecule has 0 saturated carbocycles. The number of ether oxygens (including phenoxy) is 3. The summed E-state index contributed by atoms with van der Waals surface area (Å²) in [5.74, 6) is 0.882. The van der Waals surface area contributed by atoms with Crippen LogP contribution < -0.4 is 14.2 Å². The molecule has 42 heavy (non-hydrogen) atoms. The minimum atomic E-state index is -0.791. The molecule has 7 nitrogen and oxygen atoms in total. The Morgan fingerprint density at radius 1 is 1.02 bits per heavy atom. The lowest BCUT2D eigenvalue weighted by molar-refractivity contribution is -0.139. The molecule has 2 aliphatic rings.